The van der Waals surface area contributed by atoms with Gasteiger partial charge in [-0.2, -0.15) is 10.2 Å². The van der Waals surface area contributed by atoms with Gasteiger partial charge in [0, 0.05) is 62.7 Å². The van der Waals surface area contributed by atoms with E-state index in [1.165, 1.54) is 0 Å². The van der Waals surface area contributed by atoms with Crippen LogP contribution in [0.2, 0.25) is 0 Å². The molecule has 1 aromatic carbocycles. The van der Waals surface area contributed by atoms with Crippen molar-refractivity contribution in [2.24, 2.45) is 26.9 Å². The number of ether oxygens (including phenoxy) is 1. The molecule has 12 nitrogen and oxygen atoms in total. The van der Waals surface area contributed by atoms with E-state index in [1.54, 1.807) is 22.5 Å². The molecular weight excluding hydrogens is 486 g/mol. The minimum Gasteiger partial charge on any atom is -0.446 e. The summed E-state index contributed by atoms with van der Waals surface area (Å²) < 4.78 is 12.2. The molecule has 0 spiro atoms. The number of amides is 1. The third-order valence-electron chi connectivity index (χ3n) is 7.62. The number of carbonyl (C=O) groups excluding carboxylic acids is 1. The second-order valence-electron chi connectivity index (χ2n) is 9.93. The normalized spacial score (nSPS) is 17.4. The second kappa shape index (κ2) is 7.81. The van der Waals surface area contributed by atoms with Crippen molar-refractivity contribution in [1.29, 1.82) is 0 Å². The molecule has 0 bridgehead atoms. The zero-order valence-electron chi connectivity index (χ0n) is 21.0. The summed E-state index contributed by atoms with van der Waals surface area (Å²) >= 11 is 0. The van der Waals surface area contributed by atoms with Crippen molar-refractivity contribution in [2.75, 3.05) is 0 Å². The van der Waals surface area contributed by atoms with Crippen molar-refractivity contribution in [3.8, 4) is 22.4 Å². The van der Waals surface area contributed by atoms with E-state index in [1.807, 2.05) is 48.0 Å². The number of nitrogens with zero attached hydrogens (tertiary/aromatic N) is 7. The molecule has 0 atom stereocenters. The lowest BCUT2D eigenvalue weighted by Gasteiger charge is -2.34. The van der Waals surface area contributed by atoms with Crippen molar-refractivity contribution in [2.45, 2.75) is 25.0 Å². The van der Waals surface area contributed by atoms with E-state index in [0.717, 1.165) is 49.7 Å². The fourth-order valence-electron chi connectivity index (χ4n) is 5.70. The van der Waals surface area contributed by atoms with Crippen LogP contribution in [0.3, 0.4) is 0 Å². The van der Waals surface area contributed by atoms with Crippen LogP contribution in [0.4, 0.5) is 4.79 Å². The number of aromatic amines is 1. The van der Waals surface area contributed by atoms with Gasteiger partial charge in [0.25, 0.3) is 0 Å². The Kier molecular flexibility index (Phi) is 4.59. The average molecular weight is 512 g/mol. The molecule has 0 saturated heterocycles. The summed E-state index contributed by atoms with van der Waals surface area (Å²) in [6.07, 6.45) is 7.26. The topological polar surface area (TPSA) is 144 Å². The van der Waals surface area contributed by atoms with E-state index >= 15 is 0 Å². The SMILES string of the molecule is Cn1cc(-c2[nH]c3ncc4c(c3c2-c2ccc3c(cnn3C)c2)n(C2CC(OC(N)=O)C2)c(=O)n4C)cn1. The molecule has 1 saturated carbocycles. The molecule has 5 aromatic heterocycles. The number of nitrogens with two attached hydrogens (primary N) is 1. The highest BCUT2D eigenvalue weighted by Crippen LogP contribution is 2.43. The lowest BCUT2D eigenvalue weighted by Crippen LogP contribution is -2.40. The molecule has 6 aromatic rings. The van der Waals surface area contributed by atoms with Crippen LogP contribution in [0.15, 0.2) is 47.8 Å². The zero-order valence-corrected chi connectivity index (χ0v) is 21.0. The number of H-pyrrole nitrogens is 1. The van der Waals surface area contributed by atoms with Gasteiger partial charge in [0.2, 0.25) is 0 Å². The summed E-state index contributed by atoms with van der Waals surface area (Å²) in [4.78, 5) is 33.0. The molecule has 1 aliphatic carbocycles. The highest BCUT2D eigenvalue weighted by molar-refractivity contribution is 6.14. The van der Waals surface area contributed by atoms with Crippen LogP contribution in [0.5, 0.6) is 0 Å². The van der Waals surface area contributed by atoms with Crippen LogP contribution < -0.4 is 11.4 Å². The first-order valence-electron chi connectivity index (χ1n) is 12.3. The molecule has 5 heterocycles. The van der Waals surface area contributed by atoms with E-state index in [2.05, 4.69) is 27.3 Å². The van der Waals surface area contributed by atoms with E-state index < -0.39 is 6.09 Å². The fraction of sp³-hybridized carbons (Fsp3) is 0.269. The molecule has 1 fully saturated rings. The van der Waals surface area contributed by atoms with Crippen molar-refractivity contribution in [1.82, 2.24) is 38.7 Å². The van der Waals surface area contributed by atoms with Gasteiger partial charge in [-0.25, -0.2) is 14.6 Å². The lowest BCUT2D eigenvalue weighted by molar-refractivity contribution is 0.0270. The molecule has 0 aliphatic heterocycles. The largest absolute Gasteiger partial charge is 0.446 e. The van der Waals surface area contributed by atoms with Gasteiger partial charge in [0.15, 0.2) is 0 Å². The first kappa shape index (κ1) is 22.3. The monoisotopic (exact) mass is 511 g/mol. The van der Waals surface area contributed by atoms with Gasteiger partial charge in [-0.3, -0.25) is 18.5 Å². The fourth-order valence-corrected chi connectivity index (χ4v) is 5.70. The van der Waals surface area contributed by atoms with Gasteiger partial charge in [0.1, 0.15) is 11.8 Å². The molecule has 38 heavy (non-hydrogen) atoms. The summed E-state index contributed by atoms with van der Waals surface area (Å²) in [5.41, 5.74) is 11.9. The summed E-state index contributed by atoms with van der Waals surface area (Å²) in [5.74, 6) is 0. The van der Waals surface area contributed by atoms with Crippen LogP contribution >= 0.6 is 0 Å². The highest BCUT2D eigenvalue weighted by Gasteiger charge is 2.36. The number of hydrogen-bond acceptors (Lipinski definition) is 6. The van der Waals surface area contributed by atoms with E-state index in [9.17, 15) is 9.59 Å². The number of imidazole rings is 1. The number of nitrogens with one attached hydrogen (secondary N) is 1. The number of aromatic nitrogens is 8. The number of hydrogen-bond donors (Lipinski definition) is 2. The molecule has 0 radical (unpaired) electrons. The van der Waals surface area contributed by atoms with E-state index in [-0.39, 0.29) is 17.8 Å². The lowest BCUT2D eigenvalue weighted by atomic mass is 9.88. The van der Waals surface area contributed by atoms with E-state index in [0.29, 0.717) is 18.5 Å². The van der Waals surface area contributed by atoms with Gasteiger partial charge in [-0.05, 0) is 17.7 Å². The first-order valence-corrected chi connectivity index (χ1v) is 12.3. The Balaban J connectivity index is 1.54. The Bertz CT molecular complexity index is 1960. The molecular formula is C26H25N9O3. The second-order valence-corrected chi connectivity index (χ2v) is 9.93. The first-order chi connectivity index (χ1) is 18.3. The predicted molar refractivity (Wildman–Crippen MR) is 141 cm³/mol. The molecule has 7 rings (SSSR count). The van der Waals surface area contributed by atoms with Crippen molar-refractivity contribution in [3.05, 3.63) is 53.5 Å². The maximum Gasteiger partial charge on any atom is 0.404 e. The number of rotatable bonds is 4. The van der Waals surface area contributed by atoms with Gasteiger partial charge in [-0.1, -0.05) is 6.07 Å². The molecule has 1 aliphatic rings. The predicted octanol–water partition coefficient (Wildman–Crippen LogP) is 2.97. The number of carbonyl (C=O) groups is 1. The van der Waals surface area contributed by atoms with Crippen LogP contribution in [0, 0.1) is 0 Å². The third kappa shape index (κ3) is 3.12. The standard InChI is InChI=1S/C26H25N9O3/c1-32-12-15(10-29-32)22-20(13-4-5-18-14(6-13)9-30-34(18)3)21-23-19(11-28-24(21)31-22)33(2)26(37)35(23)16-7-17(8-16)38-25(27)36/h4-6,9-12,16-17H,7-8H2,1-3H3,(H2,27,36)(H,28,31). The van der Waals surface area contributed by atoms with Crippen LogP contribution in [-0.4, -0.2) is 50.9 Å². The van der Waals surface area contributed by atoms with Crippen LogP contribution in [0.25, 0.3) is 55.4 Å². The molecule has 0 unspecified atom stereocenters. The molecule has 1 amide bonds. The van der Waals surface area contributed by atoms with Gasteiger partial charge >= 0.3 is 11.8 Å². The number of pyridine rings is 1. The smallest absolute Gasteiger partial charge is 0.404 e. The highest BCUT2D eigenvalue weighted by atomic mass is 16.6. The van der Waals surface area contributed by atoms with Crippen LogP contribution in [-0.2, 0) is 25.9 Å². The van der Waals surface area contributed by atoms with Crippen molar-refractivity contribution >= 4 is 39.1 Å². The summed E-state index contributed by atoms with van der Waals surface area (Å²) in [6.45, 7) is 0. The van der Waals surface area contributed by atoms with Crippen molar-refractivity contribution < 1.29 is 9.53 Å². The Hall–Kier alpha value is -4.87. The van der Waals surface area contributed by atoms with Gasteiger partial charge in [0.05, 0.1) is 46.2 Å². The van der Waals surface area contributed by atoms with Gasteiger partial charge in [-0.15, -0.1) is 0 Å². The maximum absolute atomic E-state index is 13.5. The summed E-state index contributed by atoms with van der Waals surface area (Å²) in [7, 11) is 5.54. The van der Waals surface area contributed by atoms with Crippen LogP contribution in [0.1, 0.15) is 18.9 Å². The number of aryl methyl sites for hydroxylation is 3. The zero-order chi connectivity index (χ0) is 26.3. The Morgan fingerprint density at radius 3 is 2.63 bits per heavy atom. The quantitative estimate of drug-likeness (QED) is 0.372. The Labute approximate surface area is 215 Å². The molecule has 12 heteroatoms. The van der Waals surface area contributed by atoms with Crippen molar-refractivity contribution in [3.63, 3.8) is 0 Å². The Morgan fingerprint density at radius 2 is 1.89 bits per heavy atom. The summed E-state index contributed by atoms with van der Waals surface area (Å²) in [5, 5.41) is 10.6. The average Bonchev–Trinajstić information content (AvgIpc) is 3.61. The molecule has 3 N–H and O–H groups in total. The minimum atomic E-state index is -0.801. The minimum absolute atomic E-state index is 0.133. The summed E-state index contributed by atoms with van der Waals surface area (Å²) in [6, 6.07) is 6.09. The molecule has 192 valence electrons. The maximum atomic E-state index is 13.5. The number of primary amides is 1. The third-order valence-corrected chi connectivity index (χ3v) is 7.62. The van der Waals surface area contributed by atoms with E-state index in [4.69, 9.17) is 15.5 Å². The van der Waals surface area contributed by atoms with Gasteiger partial charge < -0.3 is 15.5 Å². The number of benzene rings is 1. The number of fused-ring (bicyclic) bond motifs is 4. The Morgan fingerprint density at radius 1 is 1.08 bits per heavy atom.